The summed E-state index contributed by atoms with van der Waals surface area (Å²) in [6, 6.07) is 3.18. The van der Waals surface area contributed by atoms with Crippen LogP contribution in [0.3, 0.4) is 0 Å². The fraction of sp³-hybridized carbons (Fsp3) is 0.444. The lowest BCUT2D eigenvalue weighted by Crippen LogP contribution is -2.40. The molecule has 1 unspecified atom stereocenters. The van der Waals surface area contributed by atoms with E-state index >= 15 is 0 Å². The van der Waals surface area contributed by atoms with Crippen LogP contribution in [0, 0.1) is 11.3 Å². The highest BCUT2D eigenvalue weighted by atomic mass is 19.4. The van der Waals surface area contributed by atoms with Crippen LogP contribution in [0.4, 0.5) is 13.2 Å². The van der Waals surface area contributed by atoms with Gasteiger partial charge in [-0.1, -0.05) is 0 Å². The Morgan fingerprint density at radius 3 is 2.48 bits per heavy atom. The van der Waals surface area contributed by atoms with Crippen LogP contribution in [0.1, 0.15) is 37.6 Å². The van der Waals surface area contributed by atoms with Gasteiger partial charge in [0, 0.05) is 37.0 Å². The normalized spacial score (nSPS) is 18.7. The summed E-state index contributed by atoms with van der Waals surface area (Å²) >= 11 is 0. The van der Waals surface area contributed by atoms with Gasteiger partial charge in [-0.05, 0) is 43.5 Å². The van der Waals surface area contributed by atoms with E-state index in [1.165, 1.54) is 6.07 Å². The van der Waals surface area contributed by atoms with E-state index in [1.54, 1.807) is 18.7 Å². The Morgan fingerprint density at radius 1 is 1.30 bits per heavy atom. The van der Waals surface area contributed by atoms with Crippen molar-refractivity contribution >= 4 is 0 Å². The van der Waals surface area contributed by atoms with Crippen LogP contribution in [-0.2, 0) is 18.6 Å². The summed E-state index contributed by atoms with van der Waals surface area (Å²) in [6.07, 6.45) is -3.26. The van der Waals surface area contributed by atoms with Crippen molar-refractivity contribution in [3.63, 3.8) is 0 Å². The second-order valence-electron chi connectivity index (χ2n) is 6.73. The highest BCUT2D eigenvalue weighted by Crippen LogP contribution is 2.39. The van der Waals surface area contributed by atoms with Gasteiger partial charge < -0.3 is 21.5 Å². The first-order chi connectivity index (χ1) is 12.4. The molecule has 146 valence electrons. The first-order valence-electron chi connectivity index (χ1n) is 8.25. The number of rotatable bonds is 3. The monoisotopic (exact) mass is 381 g/mol. The molecule has 2 heterocycles. The van der Waals surface area contributed by atoms with Crippen molar-refractivity contribution in [1.29, 1.82) is 5.26 Å². The van der Waals surface area contributed by atoms with Gasteiger partial charge in [0.05, 0.1) is 0 Å². The predicted octanol–water partition coefficient (Wildman–Crippen LogP) is 2.16. The summed E-state index contributed by atoms with van der Waals surface area (Å²) in [6.45, 7) is 4.88. The molecule has 9 heteroatoms. The van der Waals surface area contributed by atoms with Gasteiger partial charge in [0.2, 0.25) is 0 Å². The summed E-state index contributed by atoms with van der Waals surface area (Å²) in [5.41, 5.74) is 11.0. The molecule has 5 N–H and O–H groups in total. The summed E-state index contributed by atoms with van der Waals surface area (Å²) in [7, 11) is 0. The van der Waals surface area contributed by atoms with Gasteiger partial charge in [0.1, 0.15) is 17.6 Å². The Labute approximate surface area is 155 Å². The number of alkyl halides is 3. The standard InChI is InChI=1S/C18H22F3N5O/c1-10(14(23)7-22)11(2)16(24)26-5-4-15-12(9-26)6-13(8-25-15)17(3,27)18(19,20)21/h6,8,27H,4-5,9,23-24H2,1-3H3/b14-10-,16-11+. The number of aromatic nitrogens is 1. The van der Waals surface area contributed by atoms with Crippen LogP contribution < -0.4 is 11.5 Å². The maximum atomic E-state index is 13.1. The molecule has 0 saturated heterocycles. The molecule has 1 aliphatic rings. The molecule has 0 fully saturated rings. The molecule has 1 aromatic heterocycles. The van der Waals surface area contributed by atoms with Crippen molar-refractivity contribution in [3.05, 3.63) is 51.7 Å². The quantitative estimate of drug-likeness (QED) is 0.546. The SMILES string of the molecule is CC(=C(/N)C#N)/C(C)=C(\N)N1CCc2ncc(C(C)(O)C(F)(F)F)cc2C1. The highest BCUT2D eigenvalue weighted by Gasteiger charge is 2.51. The van der Waals surface area contributed by atoms with Crippen molar-refractivity contribution in [2.24, 2.45) is 11.5 Å². The topological polar surface area (TPSA) is 112 Å². The molecule has 0 amide bonds. The van der Waals surface area contributed by atoms with Gasteiger partial charge in [0.15, 0.2) is 5.60 Å². The van der Waals surface area contributed by atoms with Crippen LogP contribution in [-0.4, -0.2) is 27.7 Å². The van der Waals surface area contributed by atoms with Gasteiger partial charge in [0.25, 0.3) is 0 Å². The third-order valence-electron chi connectivity index (χ3n) is 4.97. The first-order valence-corrected chi connectivity index (χ1v) is 8.25. The van der Waals surface area contributed by atoms with Crippen LogP contribution in [0.2, 0.25) is 0 Å². The number of hydrogen-bond acceptors (Lipinski definition) is 6. The molecule has 0 aliphatic carbocycles. The van der Waals surface area contributed by atoms with Crippen LogP contribution in [0.25, 0.3) is 0 Å². The average Bonchev–Trinajstić information content (AvgIpc) is 2.63. The van der Waals surface area contributed by atoms with E-state index in [4.69, 9.17) is 16.7 Å². The Bertz CT molecular complexity index is 850. The average molecular weight is 381 g/mol. The maximum Gasteiger partial charge on any atom is 0.421 e. The Balaban J connectivity index is 2.38. The van der Waals surface area contributed by atoms with Gasteiger partial charge in [-0.15, -0.1) is 0 Å². The zero-order valence-electron chi connectivity index (χ0n) is 15.4. The van der Waals surface area contributed by atoms with E-state index in [0.717, 1.165) is 6.20 Å². The minimum Gasteiger partial charge on any atom is -0.390 e. The van der Waals surface area contributed by atoms with Crippen LogP contribution in [0.15, 0.2) is 34.9 Å². The maximum absolute atomic E-state index is 13.1. The molecule has 0 saturated carbocycles. The summed E-state index contributed by atoms with van der Waals surface area (Å²) in [5.74, 6) is 0.393. The molecule has 6 nitrogen and oxygen atoms in total. The second-order valence-corrected chi connectivity index (χ2v) is 6.73. The van der Waals surface area contributed by atoms with Crippen molar-refractivity contribution in [2.45, 2.75) is 45.5 Å². The number of allylic oxidation sites excluding steroid dienone is 3. The molecule has 2 rings (SSSR count). The number of nitrogens with zero attached hydrogens (tertiary/aromatic N) is 3. The zero-order chi connectivity index (χ0) is 20.6. The van der Waals surface area contributed by atoms with Crippen molar-refractivity contribution in [3.8, 4) is 6.07 Å². The Kier molecular flexibility index (Phi) is 5.42. The number of halogens is 3. The molecule has 1 aliphatic heterocycles. The number of nitriles is 1. The van der Waals surface area contributed by atoms with E-state index in [9.17, 15) is 18.3 Å². The van der Waals surface area contributed by atoms with Gasteiger partial charge in [-0.2, -0.15) is 18.4 Å². The molecular formula is C18H22F3N5O. The highest BCUT2D eigenvalue weighted by molar-refractivity contribution is 5.40. The number of nitrogens with two attached hydrogens (primary N) is 2. The molecule has 1 aromatic rings. The van der Waals surface area contributed by atoms with Gasteiger partial charge >= 0.3 is 6.18 Å². The van der Waals surface area contributed by atoms with Crippen molar-refractivity contribution < 1.29 is 18.3 Å². The summed E-state index contributed by atoms with van der Waals surface area (Å²) in [5, 5.41) is 18.8. The Hall–Kier alpha value is -2.73. The van der Waals surface area contributed by atoms with E-state index < -0.39 is 11.8 Å². The molecule has 0 spiro atoms. The molecular weight excluding hydrogens is 359 g/mol. The lowest BCUT2D eigenvalue weighted by Gasteiger charge is -2.33. The molecule has 0 radical (unpaired) electrons. The number of pyridine rings is 1. The molecule has 1 atom stereocenters. The minimum atomic E-state index is -4.82. The predicted molar refractivity (Wildman–Crippen MR) is 93.4 cm³/mol. The van der Waals surface area contributed by atoms with E-state index in [-0.39, 0.29) is 17.8 Å². The smallest absolute Gasteiger partial charge is 0.390 e. The number of fused-ring (bicyclic) bond motifs is 1. The van der Waals surface area contributed by atoms with Gasteiger partial charge in [-0.25, -0.2) is 0 Å². The number of aliphatic hydroxyl groups is 1. The van der Waals surface area contributed by atoms with Crippen molar-refractivity contribution in [1.82, 2.24) is 9.88 Å². The van der Waals surface area contributed by atoms with Crippen molar-refractivity contribution in [2.75, 3.05) is 6.54 Å². The van der Waals surface area contributed by atoms with Crippen LogP contribution >= 0.6 is 0 Å². The lowest BCUT2D eigenvalue weighted by molar-refractivity contribution is -0.259. The van der Waals surface area contributed by atoms with E-state index in [2.05, 4.69) is 4.98 Å². The summed E-state index contributed by atoms with van der Waals surface area (Å²) < 4.78 is 39.3. The third-order valence-corrected chi connectivity index (χ3v) is 4.97. The lowest BCUT2D eigenvalue weighted by atomic mass is 9.93. The number of hydrogen-bond donors (Lipinski definition) is 3. The molecule has 27 heavy (non-hydrogen) atoms. The Morgan fingerprint density at radius 2 is 1.93 bits per heavy atom. The second kappa shape index (κ2) is 7.12. The zero-order valence-corrected chi connectivity index (χ0v) is 15.4. The fourth-order valence-electron chi connectivity index (χ4n) is 2.78. The first kappa shape index (κ1) is 20.6. The third kappa shape index (κ3) is 3.85. The fourth-order valence-corrected chi connectivity index (χ4v) is 2.78. The van der Waals surface area contributed by atoms with E-state index in [1.807, 2.05) is 6.07 Å². The summed E-state index contributed by atoms with van der Waals surface area (Å²) in [4.78, 5) is 5.89. The molecule has 0 aromatic carbocycles. The van der Waals surface area contributed by atoms with Crippen LogP contribution in [0.5, 0.6) is 0 Å². The largest absolute Gasteiger partial charge is 0.421 e. The van der Waals surface area contributed by atoms with Gasteiger partial charge in [-0.3, -0.25) is 4.98 Å². The molecule has 0 bridgehead atoms. The minimum absolute atomic E-state index is 0.0537. The van der Waals surface area contributed by atoms with E-state index in [0.29, 0.717) is 48.1 Å².